The molecule has 9 heteroatoms. The Morgan fingerprint density at radius 3 is 2.13 bits per heavy atom. The van der Waals surface area contributed by atoms with E-state index >= 15 is 0 Å². The Morgan fingerprint density at radius 1 is 1.10 bits per heavy atom. The molecule has 0 aliphatic heterocycles. The number of hydrogen-bond acceptors (Lipinski definition) is 6. The first-order valence-electron chi connectivity index (χ1n) is 10.3. The van der Waals surface area contributed by atoms with Crippen molar-refractivity contribution in [2.45, 2.75) is 49.5 Å². The summed E-state index contributed by atoms with van der Waals surface area (Å²) in [7, 11) is -4.03. The maximum Gasteiger partial charge on any atom is 0.327 e. The fraction of sp³-hybridized carbons (Fsp3) is 0.619. The predicted molar refractivity (Wildman–Crippen MR) is 112 cm³/mol. The van der Waals surface area contributed by atoms with Gasteiger partial charge in [-0.05, 0) is 80.5 Å². The first-order chi connectivity index (χ1) is 14.2. The minimum absolute atomic E-state index is 0.0402. The van der Waals surface area contributed by atoms with Gasteiger partial charge in [0.2, 0.25) is 10.0 Å². The summed E-state index contributed by atoms with van der Waals surface area (Å²) in [6.07, 6.45) is 6.23. The van der Waals surface area contributed by atoms with Gasteiger partial charge in [-0.25, -0.2) is 8.42 Å². The Kier molecular flexibility index (Phi) is 6.09. The second-order valence-corrected chi connectivity index (χ2v) is 11.7. The molecular formula is C21H26BrNO6S. The molecule has 0 saturated heterocycles. The molecule has 1 aromatic carbocycles. The fourth-order valence-corrected chi connectivity index (χ4v) is 7.31. The number of ketones is 1. The van der Waals surface area contributed by atoms with Crippen LogP contribution in [0.3, 0.4) is 0 Å². The van der Waals surface area contributed by atoms with Gasteiger partial charge < -0.3 is 9.84 Å². The molecule has 4 fully saturated rings. The number of nitrogens with one attached hydrogen (secondary N) is 1. The molecule has 0 spiro atoms. The highest BCUT2D eigenvalue weighted by Crippen LogP contribution is 2.60. The maximum absolute atomic E-state index is 13.0. The highest BCUT2D eigenvalue weighted by molar-refractivity contribution is 9.10. The van der Waals surface area contributed by atoms with Crippen LogP contribution < -0.4 is 4.72 Å². The summed E-state index contributed by atoms with van der Waals surface area (Å²) < 4.78 is 33.0. The number of benzene rings is 1. The summed E-state index contributed by atoms with van der Waals surface area (Å²) in [5.74, 6) is 0.773. The van der Waals surface area contributed by atoms with Crippen LogP contribution in [0.2, 0.25) is 0 Å². The molecule has 4 aliphatic carbocycles. The quantitative estimate of drug-likeness (QED) is 0.531. The van der Waals surface area contributed by atoms with Crippen LogP contribution in [0.4, 0.5) is 0 Å². The maximum atomic E-state index is 13.0. The number of Topliss-reactive ketones (excluding diaryl/α,β-unsaturated/α-hetero) is 1. The van der Waals surface area contributed by atoms with Crippen LogP contribution in [0.25, 0.3) is 0 Å². The van der Waals surface area contributed by atoms with E-state index in [2.05, 4.69) is 20.7 Å². The summed E-state index contributed by atoms with van der Waals surface area (Å²) in [5.41, 5.74) is -0.388. The number of hydrogen-bond donors (Lipinski definition) is 2. The predicted octanol–water partition coefficient (Wildman–Crippen LogP) is 2.42. The van der Waals surface area contributed by atoms with E-state index in [-0.39, 0.29) is 22.7 Å². The molecule has 164 valence electrons. The Balaban J connectivity index is 1.36. The zero-order valence-electron chi connectivity index (χ0n) is 16.6. The number of sulfonamides is 1. The van der Waals surface area contributed by atoms with E-state index in [0.29, 0.717) is 22.2 Å². The average Bonchev–Trinajstić information content (AvgIpc) is 2.69. The minimum atomic E-state index is -4.03. The van der Waals surface area contributed by atoms with Crippen molar-refractivity contribution < 1.29 is 27.9 Å². The third-order valence-corrected chi connectivity index (χ3v) is 8.88. The Hall–Kier alpha value is -1.29. The lowest BCUT2D eigenvalue weighted by molar-refractivity contribution is -0.159. The molecule has 7 nitrogen and oxygen atoms in total. The molecule has 0 radical (unpaired) electrons. The SMILES string of the molecule is O=C(OCC(=O)C12CC3CC(CC(C3)C1)C2)[C@@H](CO)NS(=O)(=O)c1ccc(Br)cc1. The first-order valence-corrected chi connectivity index (χ1v) is 12.6. The van der Waals surface area contributed by atoms with Crippen LogP contribution in [0.1, 0.15) is 38.5 Å². The van der Waals surface area contributed by atoms with E-state index in [1.807, 2.05) is 0 Å². The Morgan fingerprint density at radius 2 is 1.63 bits per heavy atom. The molecule has 5 rings (SSSR count). The van der Waals surface area contributed by atoms with Gasteiger partial charge in [-0.3, -0.25) is 9.59 Å². The van der Waals surface area contributed by atoms with Gasteiger partial charge in [0.05, 0.1) is 11.5 Å². The van der Waals surface area contributed by atoms with Crippen molar-refractivity contribution in [3.63, 3.8) is 0 Å². The summed E-state index contributed by atoms with van der Waals surface area (Å²) >= 11 is 3.23. The lowest BCUT2D eigenvalue weighted by atomic mass is 9.48. The molecule has 0 heterocycles. The van der Waals surface area contributed by atoms with Crippen molar-refractivity contribution in [3.8, 4) is 0 Å². The Bertz CT molecular complexity index is 894. The van der Waals surface area contributed by atoms with Crippen LogP contribution in [0, 0.1) is 23.2 Å². The molecular weight excluding hydrogens is 474 g/mol. The number of aliphatic hydroxyl groups excluding tert-OH is 1. The monoisotopic (exact) mass is 499 g/mol. The molecule has 1 atom stereocenters. The minimum Gasteiger partial charge on any atom is -0.456 e. The van der Waals surface area contributed by atoms with Crippen LogP contribution in [0.5, 0.6) is 0 Å². The number of rotatable bonds is 8. The van der Waals surface area contributed by atoms with Gasteiger partial charge in [0, 0.05) is 9.89 Å². The van der Waals surface area contributed by atoms with Gasteiger partial charge in [0.25, 0.3) is 0 Å². The highest BCUT2D eigenvalue weighted by Gasteiger charge is 2.54. The zero-order chi connectivity index (χ0) is 21.5. The first kappa shape index (κ1) is 21.9. The average molecular weight is 500 g/mol. The van der Waals surface area contributed by atoms with Crippen molar-refractivity contribution in [1.29, 1.82) is 0 Å². The molecule has 4 bridgehead atoms. The fourth-order valence-electron chi connectivity index (χ4n) is 5.87. The normalized spacial score (nSPS) is 30.8. The van der Waals surface area contributed by atoms with Gasteiger partial charge >= 0.3 is 5.97 Å². The van der Waals surface area contributed by atoms with E-state index in [9.17, 15) is 23.1 Å². The van der Waals surface area contributed by atoms with Crippen molar-refractivity contribution in [1.82, 2.24) is 4.72 Å². The number of carbonyl (C=O) groups is 2. The van der Waals surface area contributed by atoms with Gasteiger partial charge in [0.1, 0.15) is 6.04 Å². The Labute approximate surface area is 184 Å². The number of ether oxygens (including phenoxy) is 1. The lowest BCUT2D eigenvalue weighted by Crippen LogP contribution is -2.51. The zero-order valence-corrected chi connectivity index (χ0v) is 19.0. The molecule has 0 amide bonds. The molecule has 30 heavy (non-hydrogen) atoms. The van der Waals surface area contributed by atoms with Crippen LogP contribution in [0.15, 0.2) is 33.6 Å². The van der Waals surface area contributed by atoms with Crippen LogP contribution in [-0.4, -0.2) is 44.5 Å². The number of aliphatic hydroxyl groups is 1. The third-order valence-electron chi connectivity index (χ3n) is 6.86. The number of carbonyl (C=O) groups excluding carboxylic acids is 2. The van der Waals surface area contributed by atoms with Crippen molar-refractivity contribution in [3.05, 3.63) is 28.7 Å². The molecule has 4 saturated carbocycles. The van der Waals surface area contributed by atoms with E-state index in [1.165, 1.54) is 31.4 Å². The summed E-state index contributed by atoms with van der Waals surface area (Å²) in [6.45, 7) is -1.14. The summed E-state index contributed by atoms with van der Waals surface area (Å²) in [6, 6.07) is 4.41. The molecule has 0 unspecified atom stereocenters. The number of halogens is 1. The molecule has 0 aromatic heterocycles. The second-order valence-electron chi connectivity index (χ2n) is 9.04. The van der Waals surface area contributed by atoms with Crippen molar-refractivity contribution in [2.24, 2.45) is 23.2 Å². The van der Waals surface area contributed by atoms with Crippen molar-refractivity contribution >= 4 is 37.7 Å². The van der Waals surface area contributed by atoms with Gasteiger partial charge in [-0.1, -0.05) is 15.9 Å². The van der Waals surface area contributed by atoms with E-state index in [0.717, 1.165) is 19.3 Å². The van der Waals surface area contributed by atoms with Crippen LogP contribution >= 0.6 is 15.9 Å². The topological polar surface area (TPSA) is 110 Å². The van der Waals surface area contributed by atoms with Crippen LogP contribution in [-0.2, 0) is 24.3 Å². The van der Waals surface area contributed by atoms with Gasteiger partial charge in [0.15, 0.2) is 12.4 Å². The molecule has 4 aliphatic rings. The lowest BCUT2D eigenvalue weighted by Gasteiger charge is -2.55. The summed E-state index contributed by atoms with van der Waals surface area (Å²) in [5, 5.41) is 9.53. The number of esters is 1. The third kappa shape index (κ3) is 4.35. The van der Waals surface area contributed by atoms with E-state index < -0.39 is 28.6 Å². The smallest absolute Gasteiger partial charge is 0.327 e. The standard InChI is InChI=1S/C21H26BrNO6S/c22-16-1-3-17(4-2-16)30(27,28)23-18(11-24)20(26)29-12-19(25)21-8-13-5-14(9-21)7-15(6-13)10-21/h1-4,13-15,18,23-24H,5-12H2/t13?,14?,15?,18-,21?/m1/s1. The summed E-state index contributed by atoms with van der Waals surface area (Å²) in [4.78, 5) is 25.3. The van der Waals surface area contributed by atoms with E-state index in [4.69, 9.17) is 4.74 Å². The molecule has 2 N–H and O–H groups in total. The van der Waals surface area contributed by atoms with Gasteiger partial charge in [-0.2, -0.15) is 4.72 Å². The highest BCUT2D eigenvalue weighted by atomic mass is 79.9. The largest absolute Gasteiger partial charge is 0.456 e. The molecule has 1 aromatic rings. The second kappa shape index (κ2) is 8.33. The van der Waals surface area contributed by atoms with Crippen molar-refractivity contribution in [2.75, 3.05) is 13.2 Å². The van der Waals surface area contributed by atoms with E-state index in [1.54, 1.807) is 12.1 Å². The van der Waals surface area contributed by atoms with Gasteiger partial charge in [-0.15, -0.1) is 0 Å².